The zero-order chi connectivity index (χ0) is 12.4. The van der Waals surface area contributed by atoms with Gasteiger partial charge in [0.1, 0.15) is 6.54 Å². The highest BCUT2D eigenvalue weighted by Crippen LogP contribution is 2.29. The van der Waals surface area contributed by atoms with E-state index in [4.69, 9.17) is 5.73 Å². The van der Waals surface area contributed by atoms with Crippen LogP contribution in [0.1, 0.15) is 5.01 Å². The Bertz CT molecular complexity index is 565. The number of aryl methyl sites for hydroxylation is 1. The van der Waals surface area contributed by atoms with E-state index in [1.807, 2.05) is 19.1 Å². The molecule has 1 aromatic heterocycles. The second-order valence-electron chi connectivity index (χ2n) is 3.57. The van der Waals surface area contributed by atoms with E-state index >= 15 is 0 Å². The standard InChI is InChI=1S/C11H13N3O2S/c1-6-14-9-4-8(13-5-11(15)16-2)7(12)3-10(9)17-6/h3-4,13H,5,12H2,1-2H3. The second kappa shape index (κ2) is 4.58. The van der Waals surface area contributed by atoms with Crippen molar-refractivity contribution in [3.63, 3.8) is 0 Å². The molecule has 0 aliphatic rings. The Morgan fingerprint density at radius 1 is 1.59 bits per heavy atom. The van der Waals surface area contributed by atoms with Gasteiger partial charge >= 0.3 is 5.97 Å². The van der Waals surface area contributed by atoms with E-state index in [0.717, 1.165) is 15.2 Å². The fraction of sp³-hybridized carbons (Fsp3) is 0.273. The number of rotatable bonds is 3. The van der Waals surface area contributed by atoms with Crippen LogP contribution in [0.4, 0.5) is 11.4 Å². The van der Waals surface area contributed by atoms with Crippen molar-refractivity contribution in [2.75, 3.05) is 24.7 Å². The van der Waals surface area contributed by atoms with Crippen molar-refractivity contribution in [1.29, 1.82) is 0 Å². The summed E-state index contributed by atoms with van der Waals surface area (Å²) in [7, 11) is 1.35. The Kier molecular flexibility index (Phi) is 3.14. The lowest BCUT2D eigenvalue weighted by molar-refractivity contribution is -0.138. The highest BCUT2D eigenvalue weighted by molar-refractivity contribution is 7.18. The highest BCUT2D eigenvalue weighted by atomic mass is 32.1. The minimum absolute atomic E-state index is 0.0926. The molecular weight excluding hydrogens is 238 g/mol. The van der Waals surface area contributed by atoms with Crippen LogP contribution < -0.4 is 11.1 Å². The fourth-order valence-electron chi connectivity index (χ4n) is 1.50. The van der Waals surface area contributed by atoms with Crippen LogP contribution in [-0.2, 0) is 9.53 Å². The molecule has 0 atom stereocenters. The average molecular weight is 251 g/mol. The van der Waals surface area contributed by atoms with Crippen LogP contribution in [0.5, 0.6) is 0 Å². The number of nitrogens with zero attached hydrogens (tertiary/aromatic N) is 1. The first-order chi connectivity index (χ1) is 8.10. The number of aromatic nitrogens is 1. The molecule has 0 aliphatic carbocycles. The van der Waals surface area contributed by atoms with Gasteiger partial charge in [0.2, 0.25) is 0 Å². The van der Waals surface area contributed by atoms with Crippen LogP contribution in [-0.4, -0.2) is 24.6 Å². The van der Waals surface area contributed by atoms with Crippen molar-refractivity contribution >= 4 is 38.9 Å². The minimum atomic E-state index is -0.334. The SMILES string of the molecule is COC(=O)CNc1cc2nc(C)sc2cc1N. The molecular formula is C11H13N3O2S. The molecule has 6 heteroatoms. The summed E-state index contributed by atoms with van der Waals surface area (Å²) < 4.78 is 5.59. The molecule has 0 amide bonds. The van der Waals surface area contributed by atoms with Gasteiger partial charge in [-0.3, -0.25) is 4.79 Å². The fourth-order valence-corrected chi connectivity index (χ4v) is 2.35. The number of anilines is 2. The number of methoxy groups -OCH3 is 1. The molecule has 0 saturated carbocycles. The number of thiazole rings is 1. The number of carbonyl (C=O) groups is 1. The lowest BCUT2D eigenvalue weighted by Crippen LogP contribution is -2.15. The van der Waals surface area contributed by atoms with E-state index in [1.165, 1.54) is 7.11 Å². The summed E-state index contributed by atoms with van der Waals surface area (Å²) in [5.74, 6) is -0.334. The topological polar surface area (TPSA) is 77.2 Å². The van der Waals surface area contributed by atoms with Crippen molar-refractivity contribution in [3.05, 3.63) is 17.1 Å². The number of nitrogen functional groups attached to an aromatic ring is 1. The van der Waals surface area contributed by atoms with Crippen LogP contribution >= 0.6 is 11.3 Å². The van der Waals surface area contributed by atoms with Gasteiger partial charge in [-0.2, -0.15) is 0 Å². The molecule has 0 fully saturated rings. The third-order valence-corrected chi connectivity index (χ3v) is 3.25. The maximum Gasteiger partial charge on any atom is 0.325 e. The number of ether oxygens (including phenoxy) is 1. The van der Waals surface area contributed by atoms with Gasteiger partial charge < -0.3 is 15.8 Å². The van der Waals surface area contributed by atoms with Gasteiger partial charge in [-0.1, -0.05) is 0 Å². The molecule has 0 spiro atoms. The zero-order valence-electron chi connectivity index (χ0n) is 9.61. The molecule has 0 unspecified atom stereocenters. The molecule has 3 N–H and O–H groups in total. The number of fused-ring (bicyclic) bond motifs is 1. The quantitative estimate of drug-likeness (QED) is 0.642. The number of esters is 1. The van der Waals surface area contributed by atoms with Crippen LogP contribution in [0.25, 0.3) is 10.2 Å². The normalized spacial score (nSPS) is 10.5. The summed E-state index contributed by atoms with van der Waals surface area (Å²) in [4.78, 5) is 15.4. The van der Waals surface area contributed by atoms with Crippen molar-refractivity contribution in [1.82, 2.24) is 4.98 Å². The number of nitrogens with two attached hydrogens (primary N) is 1. The largest absolute Gasteiger partial charge is 0.468 e. The molecule has 0 aliphatic heterocycles. The van der Waals surface area contributed by atoms with Gasteiger partial charge in [-0.05, 0) is 19.1 Å². The van der Waals surface area contributed by atoms with Crippen molar-refractivity contribution in [2.24, 2.45) is 0 Å². The van der Waals surface area contributed by atoms with E-state index in [-0.39, 0.29) is 12.5 Å². The van der Waals surface area contributed by atoms with Crippen molar-refractivity contribution < 1.29 is 9.53 Å². The molecule has 0 bridgehead atoms. The summed E-state index contributed by atoms with van der Waals surface area (Å²) in [5.41, 5.74) is 8.08. The summed E-state index contributed by atoms with van der Waals surface area (Å²) >= 11 is 1.59. The number of carbonyl (C=O) groups excluding carboxylic acids is 1. The predicted molar refractivity (Wildman–Crippen MR) is 69.3 cm³/mol. The maximum absolute atomic E-state index is 11.0. The Hall–Kier alpha value is -1.82. The maximum atomic E-state index is 11.0. The van der Waals surface area contributed by atoms with Gasteiger partial charge in [0, 0.05) is 0 Å². The second-order valence-corrected chi connectivity index (χ2v) is 4.80. The molecule has 90 valence electrons. The van der Waals surface area contributed by atoms with E-state index in [2.05, 4.69) is 15.0 Å². The Morgan fingerprint density at radius 3 is 3.06 bits per heavy atom. The molecule has 17 heavy (non-hydrogen) atoms. The molecule has 0 saturated heterocycles. The smallest absolute Gasteiger partial charge is 0.325 e. The van der Waals surface area contributed by atoms with E-state index in [1.54, 1.807) is 11.3 Å². The molecule has 2 rings (SSSR count). The molecule has 1 aromatic carbocycles. The monoisotopic (exact) mass is 251 g/mol. The van der Waals surface area contributed by atoms with Crippen molar-refractivity contribution in [2.45, 2.75) is 6.92 Å². The van der Waals surface area contributed by atoms with Gasteiger partial charge in [0.25, 0.3) is 0 Å². The number of hydrogen-bond donors (Lipinski definition) is 2. The predicted octanol–water partition coefficient (Wildman–Crippen LogP) is 1.77. The first kappa shape index (κ1) is 11.7. The van der Waals surface area contributed by atoms with Gasteiger partial charge in [0.05, 0.1) is 33.7 Å². The molecule has 1 heterocycles. The number of hydrogen-bond acceptors (Lipinski definition) is 6. The highest BCUT2D eigenvalue weighted by Gasteiger charge is 2.07. The Morgan fingerprint density at radius 2 is 2.35 bits per heavy atom. The molecule has 0 radical (unpaired) electrons. The molecule has 5 nitrogen and oxygen atoms in total. The van der Waals surface area contributed by atoms with Crippen LogP contribution in [0.15, 0.2) is 12.1 Å². The lowest BCUT2D eigenvalue weighted by atomic mass is 10.2. The lowest BCUT2D eigenvalue weighted by Gasteiger charge is -2.07. The third kappa shape index (κ3) is 2.47. The van der Waals surface area contributed by atoms with E-state index < -0.39 is 0 Å². The Balaban J connectivity index is 2.27. The molecule has 2 aromatic rings. The number of benzene rings is 1. The van der Waals surface area contributed by atoms with Crippen LogP contribution in [0, 0.1) is 6.92 Å². The summed E-state index contributed by atoms with van der Waals surface area (Å²) in [5, 5.41) is 3.92. The van der Waals surface area contributed by atoms with E-state index in [0.29, 0.717) is 11.4 Å². The number of nitrogens with one attached hydrogen (secondary N) is 1. The summed E-state index contributed by atoms with van der Waals surface area (Å²) in [6, 6.07) is 3.71. The van der Waals surface area contributed by atoms with Crippen molar-refractivity contribution in [3.8, 4) is 0 Å². The first-order valence-corrected chi connectivity index (χ1v) is 5.89. The van der Waals surface area contributed by atoms with Gasteiger partial charge in [-0.15, -0.1) is 11.3 Å². The van der Waals surface area contributed by atoms with Crippen LogP contribution in [0.3, 0.4) is 0 Å². The third-order valence-electron chi connectivity index (χ3n) is 2.32. The zero-order valence-corrected chi connectivity index (χ0v) is 10.4. The Labute approximate surface area is 103 Å². The minimum Gasteiger partial charge on any atom is -0.468 e. The average Bonchev–Trinajstić information content (AvgIpc) is 2.64. The first-order valence-electron chi connectivity index (χ1n) is 5.07. The van der Waals surface area contributed by atoms with Gasteiger partial charge in [0.15, 0.2) is 0 Å². The van der Waals surface area contributed by atoms with Gasteiger partial charge in [-0.25, -0.2) is 4.98 Å². The summed E-state index contributed by atoms with van der Waals surface area (Å²) in [6.45, 7) is 2.04. The van der Waals surface area contributed by atoms with Crippen LogP contribution in [0.2, 0.25) is 0 Å². The van der Waals surface area contributed by atoms with E-state index in [9.17, 15) is 4.79 Å². The summed E-state index contributed by atoms with van der Waals surface area (Å²) in [6.07, 6.45) is 0.